The number of rotatable bonds is 7. The van der Waals surface area contributed by atoms with Crippen LogP contribution in [0.2, 0.25) is 0 Å². The molecule has 0 amide bonds. The first-order valence-electron chi connectivity index (χ1n) is 10.7. The Kier molecular flexibility index (Phi) is 7.40. The molecular weight excluding hydrogens is 418 g/mol. The summed E-state index contributed by atoms with van der Waals surface area (Å²) in [5.41, 5.74) is 10.7. The zero-order valence-corrected chi connectivity index (χ0v) is 19.3. The fourth-order valence-electron chi connectivity index (χ4n) is 3.63. The van der Waals surface area contributed by atoms with Gasteiger partial charge in [-0.3, -0.25) is 5.32 Å². The Labute approximate surface area is 193 Å². The third-order valence-electron chi connectivity index (χ3n) is 5.30. The third-order valence-corrected chi connectivity index (χ3v) is 6.34. The highest BCUT2D eigenvalue weighted by molar-refractivity contribution is 7.11. The van der Waals surface area contributed by atoms with Crippen LogP contribution in [0, 0.1) is 11.8 Å². The zero-order chi connectivity index (χ0) is 22.3. The van der Waals surface area contributed by atoms with E-state index in [9.17, 15) is 0 Å². The monoisotopic (exact) mass is 447 g/mol. The fraction of sp³-hybridized carbons (Fsp3) is 0.320. The maximum Gasteiger partial charge on any atom is 0.139 e. The van der Waals surface area contributed by atoms with Crippen LogP contribution in [0.5, 0.6) is 0 Å². The normalized spacial score (nSPS) is 18.1. The van der Waals surface area contributed by atoms with Crippen molar-refractivity contribution in [2.75, 3.05) is 39.2 Å². The highest BCUT2D eigenvalue weighted by atomic mass is 32.1. The molecular formula is C25H29N5OS. The average molecular weight is 448 g/mol. The van der Waals surface area contributed by atoms with E-state index in [-0.39, 0.29) is 12.2 Å². The largest absolute Gasteiger partial charge is 0.377 e. The van der Waals surface area contributed by atoms with Gasteiger partial charge in [0.1, 0.15) is 18.6 Å². The van der Waals surface area contributed by atoms with Crippen LogP contribution in [0.15, 0.2) is 64.6 Å². The molecule has 166 valence electrons. The van der Waals surface area contributed by atoms with E-state index in [1.807, 2.05) is 18.2 Å². The molecule has 32 heavy (non-hydrogen) atoms. The minimum Gasteiger partial charge on any atom is -0.377 e. The number of likely N-dealkylation sites (N-methyl/N-ethyl adjacent to an activating group) is 1. The summed E-state index contributed by atoms with van der Waals surface area (Å²) in [6.07, 6.45) is 6.99. The molecule has 2 aliphatic rings. The summed E-state index contributed by atoms with van der Waals surface area (Å²) in [7, 11) is 3.71. The van der Waals surface area contributed by atoms with E-state index >= 15 is 0 Å². The first-order valence-corrected chi connectivity index (χ1v) is 11.6. The lowest BCUT2D eigenvalue weighted by Crippen LogP contribution is -2.38. The lowest BCUT2D eigenvalue weighted by atomic mass is 10.1. The molecule has 1 aromatic heterocycles. The molecule has 2 atom stereocenters. The van der Waals surface area contributed by atoms with Crippen molar-refractivity contribution >= 4 is 22.9 Å². The van der Waals surface area contributed by atoms with Crippen molar-refractivity contribution in [3.63, 3.8) is 0 Å². The van der Waals surface area contributed by atoms with E-state index in [4.69, 9.17) is 15.5 Å². The molecule has 0 spiro atoms. The lowest BCUT2D eigenvalue weighted by molar-refractivity contribution is 0.240. The van der Waals surface area contributed by atoms with Gasteiger partial charge in [-0.15, -0.1) is 11.3 Å². The number of aliphatic imine (C=N–C) groups is 1. The summed E-state index contributed by atoms with van der Waals surface area (Å²) in [5, 5.41) is 9.18. The van der Waals surface area contributed by atoms with Gasteiger partial charge in [-0.1, -0.05) is 48.2 Å². The van der Waals surface area contributed by atoms with Crippen LogP contribution in [0.25, 0.3) is 0 Å². The quantitative estimate of drug-likeness (QED) is 0.569. The molecule has 0 saturated heterocycles. The fourth-order valence-corrected chi connectivity index (χ4v) is 4.59. The van der Waals surface area contributed by atoms with E-state index in [1.54, 1.807) is 18.4 Å². The number of thiophene rings is 1. The number of nitrogens with zero attached hydrogens (tertiary/aromatic N) is 2. The van der Waals surface area contributed by atoms with E-state index in [2.05, 4.69) is 70.3 Å². The van der Waals surface area contributed by atoms with E-state index in [0.717, 1.165) is 40.5 Å². The maximum atomic E-state index is 6.43. The summed E-state index contributed by atoms with van der Waals surface area (Å²) >= 11 is 1.66. The number of hydrogen-bond acceptors (Lipinski definition) is 7. The van der Waals surface area contributed by atoms with Gasteiger partial charge in [-0.25, -0.2) is 4.99 Å². The van der Waals surface area contributed by atoms with Crippen molar-refractivity contribution in [3.8, 4) is 11.8 Å². The molecule has 0 fully saturated rings. The molecule has 2 aliphatic heterocycles. The van der Waals surface area contributed by atoms with Gasteiger partial charge in [0, 0.05) is 44.2 Å². The molecule has 0 saturated carbocycles. The molecule has 1 unspecified atom stereocenters. The first-order chi connectivity index (χ1) is 15.6. The number of amidine groups is 1. The predicted octanol–water partition coefficient (Wildman–Crippen LogP) is 3.11. The molecule has 1 aromatic carbocycles. The van der Waals surface area contributed by atoms with E-state index in [1.165, 1.54) is 5.56 Å². The van der Waals surface area contributed by atoms with Crippen molar-refractivity contribution in [1.82, 2.24) is 10.2 Å². The van der Waals surface area contributed by atoms with Crippen molar-refractivity contribution in [1.29, 1.82) is 0 Å². The van der Waals surface area contributed by atoms with Gasteiger partial charge in [-0.05, 0) is 24.3 Å². The highest BCUT2D eigenvalue weighted by Crippen LogP contribution is 2.37. The van der Waals surface area contributed by atoms with Crippen LogP contribution in [-0.2, 0) is 11.2 Å². The number of nitrogens with two attached hydrogens (primary N) is 1. The summed E-state index contributed by atoms with van der Waals surface area (Å²) in [4.78, 5) is 8.25. The number of hydrogen-bond donors (Lipinski definition) is 3. The van der Waals surface area contributed by atoms with Crippen LogP contribution < -0.4 is 16.4 Å². The number of anilines is 1. The Morgan fingerprint density at radius 3 is 2.97 bits per heavy atom. The average Bonchev–Trinajstić information content (AvgIpc) is 3.22. The predicted molar refractivity (Wildman–Crippen MR) is 133 cm³/mol. The van der Waals surface area contributed by atoms with E-state index in [0.29, 0.717) is 13.2 Å². The van der Waals surface area contributed by atoms with Gasteiger partial charge in [0.05, 0.1) is 16.1 Å². The molecule has 4 N–H and O–H groups in total. The van der Waals surface area contributed by atoms with Crippen LogP contribution in [0.3, 0.4) is 0 Å². The van der Waals surface area contributed by atoms with Gasteiger partial charge >= 0.3 is 0 Å². The summed E-state index contributed by atoms with van der Waals surface area (Å²) in [6, 6.07) is 10.3. The van der Waals surface area contributed by atoms with Crippen LogP contribution in [0.4, 0.5) is 5.69 Å². The topological polar surface area (TPSA) is 74.9 Å². The van der Waals surface area contributed by atoms with Gasteiger partial charge in [-0.2, -0.15) is 0 Å². The molecule has 0 aliphatic carbocycles. The second kappa shape index (κ2) is 10.6. The molecule has 0 radical (unpaired) electrons. The van der Waals surface area contributed by atoms with Gasteiger partial charge in [0.2, 0.25) is 0 Å². The van der Waals surface area contributed by atoms with Crippen molar-refractivity contribution in [2.24, 2.45) is 10.7 Å². The minimum absolute atomic E-state index is 0.00208. The highest BCUT2D eigenvalue weighted by Gasteiger charge is 2.27. The van der Waals surface area contributed by atoms with Crippen molar-refractivity contribution < 1.29 is 4.74 Å². The number of methoxy groups -OCH3 is 1. The minimum atomic E-state index is -0.167. The molecule has 3 heterocycles. The Morgan fingerprint density at radius 2 is 2.22 bits per heavy atom. The second-order valence-corrected chi connectivity index (χ2v) is 8.81. The van der Waals surface area contributed by atoms with E-state index < -0.39 is 0 Å². The molecule has 4 rings (SSSR count). The SMILES string of the molecule is COCC#Cc1csc2c1NC(C1=CCN(C)C=C1)=NC2NC[C@@H](N)Cc1ccccc1. The molecule has 0 bridgehead atoms. The van der Waals surface area contributed by atoms with Crippen LogP contribution in [0.1, 0.15) is 22.2 Å². The molecule has 6 nitrogen and oxygen atoms in total. The van der Waals surface area contributed by atoms with Crippen LogP contribution in [-0.4, -0.2) is 50.6 Å². The summed E-state index contributed by atoms with van der Waals surface area (Å²) in [6.45, 7) is 1.92. The molecule has 2 aromatic rings. The Bertz CT molecular complexity index is 1080. The summed E-state index contributed by atoms with van der Waals surface area (Å²) in [5.74, 6) is 7.13. The smallest absolute Gasteiger partial charge is 0.139 e. The standard InChI is InChI=1S/C25H29N5OS/c1-30-12-10-19(11-13-30)24-28-22-20(9-6-14-31-2)17-32-23(22)25(29-24)27-16-21(26)15-18-7-4-3-5-8-18/h3-5,7-8,10-12,17,21,25,27H,13-16,26H2,1-2H3,(H,28,29)/t21-,25?/m0/s1. The first kappa shape index (κ1) is 22.3. The Morgan fingerprint density at radius 1 is 1.38 bits per heavy atom. The number of benzene rings is 1. The van der Waals surface area contributed by atoms with Crippen LogP contribution >= 0.6 is 11.3 Å². The van der Waals surface area contributed by atoms with Gasteiger partial charge in [0.25, 0.3) is 0 Å². The van der Waals surface area contributed by atoms with Crippen molar-refractivity contribution in [2.45, 2.75) is 18.6 Å². The number of fused-ring (bicyclic) bond motifs is 1. The second-order valence-electron chi connectivity index (χ2n) is 7.90. The summed E-state index contributed by atoms with van der Waals surface area (Å²) < 4.78 is 5.08. The zero-order valence-electron chi connectivity index (χ0n) is 18.5. The number of ether oxygens (including phenoxy) is 1. The molecule has 7 heteroatoms. The van der Waals surface area contributed by atoms with Crippen molar-refractivity contribution in [3.05, 3.63) is 75.6 Å². The Hall–Kier alpha value is -2.89. The number of nitrogens with one attached hydrogen (secondary N) is 2. The lowest BCUT2D eigenvalue weighted by Gasteiger charge is -2.27. The van der Waals surface area contributed by atoms with Gasteiger partial charge < -0.3 is 20.7 Å². The Balaban J connectivity index is 1.54. The maximum absolute atomic E-state index is 6.43. The van der Waals surface area contributed by atoms with Gasteiger partial charge in [0.15, 0.2) is 0 Å². The third kappa shape index (κ3) is 5.47.